The summed E-state index contributed by atoms with van der Waals surface area (Å²) in [5.41, 5.74) is 0. The molecule has 0 aromatic heterocycles. The number of ether oxygens (including phenoxy) is 1. The average Bonchev–Trinajstić information content (AvgIpc) is 2.10. The number of rotatable bonds is 0. The number of isocyanates is 2. The number of carbonyl (C=O) groups excluding carboxylic acids is 2. The smallest absolute Gasteiger partial charge is 0.231 e. The molecule has 1 aliphatic heterocycles. The summed E-state index contributed by atoms with van der Waals surface area (Å²) in [5, 5.41) is 10.8. The Balaban J connectivity index is 0. The number of hydrogen-bond donors (Lipinski definition) is 2. The van der Waals surface area contributed by atoms with E-state index in [1.54, 1.807) is 0 Å². The van der Waals surface area contributed by atoms with Gasteiger partial charge in [-0.05, 0) is 19.3 Å². The van der Waals surface area contributed by atoms with E-state index in [4.69, 9.17) is 25.1 Å². The topological polar surface area (TPSA) is 91.1 Å². The Morgan fingerprint density at radius 3 is 1.33 bits per heavy atom. The molecule has 5 nitrogen and oxygen atoms in total. The third-order valence-corrected chi connectivity index (χ3v) is 1.08. The van der Waals surface area contributed by atoms with Gasteiger partial charge >= 0.3 is 0 Å². The molecule has 1 saturated heterocycles. The molecule has 68 valence electrons. The van der Waals surface area contributed by atoms with Crippen LogP contribution in [-0.4, -0.2) is 25.4 Å². The highest BCUT2D eigenvalue weighted by Gasteiger charge is 1.94. The van der Waals surface area contributed by atoms with Crippen LogP contribution < -0.4 is 0 Å². The number of hydrogen-bond acceptors (Lipinski definition) is 5. The van der Waals surface area contributed by atoms with Gasteiger partial charge < -0.3 is 4.74 Å². The minimum atomic E-state index is 0.750. The van der Waals surface area contributed by atoms with Crippen LogP contribution in [0.15, 0.2) is 0 Å². The van der Waals surface area contributed by atoms with E-state index in [0.29, 0.717) is 0 Å². The molecule has 0 bridgehead atoms. The van der Waals surface area contributed by atoms with Crippen LogP contribution in [0.1, 0.15) is 19.3 Å². The Labute approximate surface area is 70.7 Å². The van der Waals surface area contributed by atoms with Crippen molar-refractivity contribution in [2.45, 2.75) is 19.3 Å². The van der Waals surface area contributed by atoms with Crippen LogP contribution in [0.5, 0.6) is 0 Å². The summed E-state index contributed by atoms with van der Waals surface area (Å²) in [6.07, 6.45) is 5.43. The predicted molar refractivity (Wildman–Crippen MR) is 41.5 cm³/mol. The fourth-order valence-electron chi connectivity index (χ4n) is 0.687. The largest absolute Gasteiger partial charge is 0.381 e. The zero-order chi connectivity index (χ0) is 9.66. The van der Waals surface area contributed by atoms with Gasteiger partial charge in [0, 0.05) is 13.2 Å². The van der Waals surface area contributed by atoms with Gasteiger partial charge in [0.05, 0.1) is 0 Å². The van der Waals surface area contributed by atoms with E-state index in [1.165, 1.54) is 19.3 Å². The second kappa shape index (κ2) is 16.4. The molecule has 2 N–H and O–H groups in total. The molecular formula is C7H12N2O3. The molecule has 0 aliphatic carbocycles. The SMILES string of the molecule is C1CCOCC1.N=C=O.N=C=O. The lowest BCUT2D eigenvalue weighted by Crippen LogP contribution is -2.03. The fraction of sp³-hybridized carbons (Fsp3) is 0.714. The Kier molecular flexibility index (Phi) is 18.2. The van der Waals surface area contributed by atoms with E-state index >= 15 is 0 Å². The normalized spacial score (nSPS) is 13.3. The second-order valence-electron chi connectivity index (χ2n) is 1.88. The molecule has 0 saturated carbocycles. The van der Waals surface area contributed by atoms with Gasteiger partial charge in [0.25, 0.3) is 0 Å². The molecular weight excluding hydrogens is 160 g/mol. The Bertz CT molecular complexity index is 119. The molecule has 0 spiro atoms. The highest BCUT2D eigenvalue weighted by atomic mass is 16.5. The first-order valence-electron chi connectivity index (χ1n) is 3.49. The van der Waals surface area contributed by atoms with Gasteiger partial charge in [-0.15, -0.1) is 0 Å². The summed E-state index contributed by atoms with van der Waals surface area (Å²) in [7, 11) is 0. The molecule has 0 atom stereocenters. The van der Waals surface area contributed by atoms with Gasteiger partial charge in [-0.25, -0.2) is 20.4 Å². The lowest BCUT2D eigenvalue weighted by atomic mass is 10.2. The third kappa shape index (κ3) is 23.3. The van der Waals surface area contributed by atoms with Gasteiger partial charge in [-0.2, -0.15) is 0 Å². The van der Waals surface area contributed by atoms with Crippen molar-refractivity contribution in [3.8, 4) is 0 Å². The van der Waals surface area contributed by atoms with Crippen LogP contribution in [0.2, 0.25) is 0 Å². The van der Waals surface area contributed by atoms with Gasteiger partial charge in [-0.1, -0.05) is 0 Å². The molecule has 0 aromatic carbocycles. The van der Waals surface area contributed by atoms with E-state index in [-0.39, 0.29) is 0 Å². The van der Waals surface area contributed by atoms with E-state index in [2.05, 4.69) is 0 Å². The number of nitrogens with one attached hydrogen (secondary N) is 2. The first kappa shape index (κ1) is 13.3. The lowest BCUT2D eigenvalue weighted by Gasteiger charge is -2.08. The van der Waals surface area contributed by atoms with Crippen molar-refractivity contribution in [1.82, 2.24) is 0 Å². The minimum absolute atomic E-state index is 0.750. The molecule has 0 radical (unpaired) electrons. The van der Waals surface area contributed by atoms with Crippen molar-refractivity contribution in [2.24, 2.45) is 0 Å². The molecule has 0 aromatic rings. The summed E-state index contributed by atoms with van der Waals surface area (Å²) >= 11 is 0. The molecule has 1 rings (SSSR count). The third-order valence-electron chi connectivity index (χ3n) is 1.08. The van der Waals surface area contributed by atoms with Crippen LogP contribution in [0.3, 0.4) is 0 Å². The molecule has 12 heavy (non-hydrogen) atoms. The molecule has 1 aliphatic rings. The minimum Gasteiger partial charge on any atom is -0.381 e. The van der Waals surface area contributed by atoms with E-state index in [9.17, 15) is 0 Å². The summed E-state index contributed by atoms with van der Waals surface area (Å²) in [5.74, 6) is 0. The van der Waals surface area contributed by atoms with E-state index < -0.39 is 0 Å². The monoisotopic (exact) mass is 172 g/mol. The van der Waals surface area contributed by atoms with Crippen LogP contribution in [-0.2, 0) is 14.3 Å². The molecule has 5 heteroatoms. The quantitative estimate of drug-likeness (QED) is 0.421. The first-order valence-corrected chi connectivity index (χ1v) is 3.49. The summed E-state index contributed by atoms with van der Waals surface area (Å²) in [6.45, 7) is 2.00. The maximum absolute atomic E-state index is 8.35. The zero-order valence-electron chi connectivity index (χ0n) is 6.76. The Hall–Kier alpha value is -1.28. The van der Waals surface area contributed by atoms with Crippen LogP contribution in [0.4, 0.5) is 0 Å². The summed E-state index contributed by atoms with van der Waals surface area (Å²) in [4.78, 5) is 16.7. The summed E-state index contributed by atoms with van der Waals surface area (Å²) in [6, 6.07) is 0. The maximum Gasteiger partial charge on any atom is 0.231 e. The van der Waals surface area contributed by atoms with Gasteiger partial charge in [0.1, 0.15) is 0 Å². The Morgan fingerprint density at radius 1 is 0.917 bits per heavy atom. The zero-order valence-corrected chi connectivity index (χ0v) is 6.76. The molecule has 0 unspecified atom stereocenters. The van der Waals surface area contributed by atoms with Crippen molar-refractivity contribution in [3.05, 3.63) is 0 Å². The first-order chi connectivity index (χ1) is 5.83. The van der Waals surface area contributed by atoms with Crippen LogP contribution >= 0.6 is 0 Å². The highest BCUT2D eigenvalue weighted by molar-refractivity contribution is 5.26. The van der Waals surface area contributed by atoms with Crippen molar-refractivity contribution in [3.63, 3.8) is 0 Å². The predicted octanol–water partition coefficient (Wildman–Crippen LogP) is 0.989. The Morgan fingerprint density at radius 2 is 1.25 bits per heavy atom. The molecule has 1 fully saturated rings. The fourth-order valence-corrected chi connectivity index (χ4v) is 0.687. The standard InChI is InChI=1S/C5H10O.2CHNO/c1-2-4-6-5-3-1;2*2-1-3/h1-5H2;2*2H. The van der Waals surface area contributed by atoms with Gasteiger partial charge in [-0.3, -0.25) is 0 Å². The van der Waals surface area contributed by atoms with Crippen molar-refractivity contribution >= 4 is 12.2 Å². The molecule has 0 amide bonds. The van der Waals surface area contributed by atoms with Crippen LogP contribution in [0, 0.1) is 10.8 Å². The molecule has 1 heterocycles. The van der Waals surface area contributed by atoms with E-state index in [0.717, 1.165) is 25.4 Å². The van der Waals surface area contributed by atoms with E-state index in [1.807, 2.05) is 0 Å². The lowest BCUT2D eigenvalue weighted by molar-refractivity contribution is 0.0968. The average molecular weight is 172 g/mol. The summed E-state index contributed by atoms with van der Waals surface area (Å²) < 4.78 is 5.07. The van der Waals surface area contributed by atoms with Gasteiger partial charge in [0.15, 0.2) is 0 Å². The van der Waals surface area contributed by atoms with Crippen molar-refractivity contribution < 1.29 is 14.3 Å². The second-order valence-corrected chi connectivity index (χ2v) is 1.88. The highest BCUT2D eigenvalue weighted by Crippen LogP contribution is 2.02. The maximum atomic E-state index is 8.35. The van der Waals surface area contributed by atoms with Crippen LogP contribution in [0.25, 0.3) is 0 Å². The van der Waals surface area contributed by atoms with Crippen molar-refractivity contribution in [2.75, 3.05) is 13.2 Å². The van der Waals surface area contributed by atoms with Crippen molar-refractivity contribution in [1.29, 1.82) is 10.8 Å². The van der Waals surface area contributed by atoms with Gasteiger partial charge in [0.2, 0.25) is 12.2 Å².